The number of halogens is 1. The third-order valence-electron chi connectivity index (χ3n) is 4.55. The maximum absolute atomic E-state index is 13.0. The molecule has 0 bridgehead atoms. The lowest BCUT2D eigenvalue weighted by atomic mass is 10.1. The Balaban J connectivity index is 1.70. The average molecular weight is 455 g/mol. The number of amides is 2. The number of nitrogens with one attached hydrogen (secondary N) is 2. The number of anilines is 2. The quantitative estimate of drug-likeness (QED) is 0.433. The highest BCUT2D eigenvalue weighted by atomic mass is 35.5. The molecule has 0 aliphatic carbocycles. The number of thioether (sulfide) groups is 1. The molecule has 2 amide bonds. The monoisotopic (exact) mass is 454 g/mol. The summed E-state index contributed by atoms with van der Waals surface area (Å²) in [5.74, 6) is 0.231. The number of carbonyl (C=O) groups excluding carboxylic acids is 2. The Morgan fingerprint density at radius 1 is 1.00 bits per heavy atom. The number of aryl methyl sites for hydroxylation is 2. The summed E-state index contributed by atoms with van der Waals surface area (Å²) >= 11 is 7.45. The van der Waals surface area contributed by atoms with Gasteiger partial charge in [-0.05, 0) is 49.7 Å². The van der Waals surface area contributed by atoms with Crippen molar-refractivity contribution in [3.63, 3.8) is 0 Å². The molecule has 0 heterocycles. The SMILES string of the molecule is COc1cc(Cl)c(C)cc1NC(=O)c1ccccc1SCC(=O)Nc1ccc(C)cc1. The van der Waals surface area contributed by atoms with E-state index in [0.717, 1.165) is 16.8 Å². The van der Waals surface area contributed by atoms with Crippen LogP contribution in [0.1, 0.15) is 21.5 Å². The number of rotatable bonds is 7. The van der Waals surface area contributed by atoms with Crippen molar-refractivity contribution in [3.05, 3.63) is 82.4 Å². The van der Waals surface area contributed by atoms with Crippen LogP contribution in [0.3, 0.4) is 0 Å². The van der Waals surface area contributed by atoms with Crippen molar-refractivity contribution in [2.45, 2.75) is 18.7 Å². The van der Waals surface area contributed by atoms with Gasteiger partial charge in [0, 0.05) is 21.7 Å². The molecule has 0 saturated carbocycles. The molecule has 3 rings (SSSR count). The molecule has 0 saturated heterocycles. The first kappa shape index (κ1) is 22.7. The van der Waals surface area contributed by atoms with Gasteiger partial charge in [-0.25, -0.2) is 0 Å². The highest BCUT2D eigenvalue weighted by Crippen LogP contribution is 2.32. The van der Waals surface area contributed by atoms with Crippen LogP contribution in [0.4, 0.5) is 11.4 Å². The summed E-state index contributed by atoms with van der Waals surface area (Å²) in [6.07, 6.45) is 0. The second-order valence-electron chi connectivity index (χ2n) is 6.95. The van der Waals surface area contributed by atoms with E-state index in [4.69, 9.17) is 16.3 Å². The van der Waals surface area contributed by atoms with Gasteiger partial charge in [0.05, 0.1) is 24.1 Å². The molecule has 0 aromatic heterocycles. The summed E-state index contributed by atoms with van der Waals surface area (Å²) in [6.45, 7) is 3.85. The Morgan fingerprint density at radius 3 is 2.42 bits per heavy atom. The normalized spacial score (nSPS) is 10.5. The molecule has 0 spiro atoms. The van der Waals surface area contributed by atoms with Crippen LogP contribution < -0.4 is 15.4 Å². The van der Waals surface area contributed by atoms with E-state index in [-0.39, 0.29) is 17.6 Å². The minimum absolute atomic E-state index is 0.140. The first-order chi connectivity index (χ1) is 14.9. The van der Waals surface area contributed by atoms with Gasteiger partial charge in [-0.2, -0.15) is 0 Å². The van der Waals surface area contributed by atoms with Gasteiger partial charge in [0.1, 0.15) is 5.75 Å². The second-order valence-corrected chi connectivity index (χ2v) is 8.38. The van der Waals surface area contributed by atoms with Crippen molar-refractivity contribution in [1.29, 1.82) is 0 Å². The van der Waals surface area contributed by atoms with Crippen molar-refractivity contribution >= 4 is 46.6 Å². The van der Waals surface area contributed by atoms with Crippen LogP contribution in [0.2, 0.25) is 5.02 Å². The molecule has 0 aliphatic rings. The number of ether oxygens (including phenoxy) is 1. The molecule has 0 atom stereocenters. The molecule has 0 radical (unpaired) electrons. The number of benzene rings is 3. The van der Waals surface area contributed by atoms with Gasteiger partial charge in [0.15, 0.2) is 0 Å². The zero-order valence-corrected chi connectivity index (χ0v) is 19.1. The average Bonchev–Trinajstić information content (AvgIpc) is 2.76. The van der Waals surface area contributed by atoms with Crippen molar-refractivity contribution < 1.29 is 14.3 Å². The van der Waals surface area contributed by atoms with E-state index in [1.165, 1.54) is 18.9 Å². The van der Waals surface area contributed by atoms with E-state index in [2.05, 4.69) is 10.6 Å². The molecule has 7 heteroatoms. The Labute approximate surface area is 191 Å². The Hall–Kier alpha value is -2.96. The predicted octanol–water partition coefficient (Wildman–Crippen LogP) is 5.95. The predicted molar refractivity (Wildman–Crippen MR) is 128 cm³/mol. The Bertz CT molecular complexity index is 1100. The second kappa shape index (κ2) is 10.4. The third kappa shape index (κ3) is 6.03. The summed E-state index contributed by atoms with van der Waals surface area (Å²) in [4.78, 5) is 26.0. The molecular formula is C24H23ClN2O3S. The molecule has 0 fully saturated rings. The molecule has 31 heavy (non-hydrogen) atoms. The van der Waals surface area contributed by atoms with E-state index in [1.54, 1.807) is 24.3 Å². The van der Waals surface area contributed by atoms with E-state index < -0.39 is 0 Å². The molecule has 5 nitrogen and oxygen atoms in total. The first-order valence-electron chi connectivity index (χ1n) is 9.61. The fourth-order valence-electron chi connectivity index (χ4n) is 2.88. The minimum Gasteiger partial charge on any atom is -0.495 e. The smallest absolute Gasteiger partial charge is 0.256 e. The lowest BCUT2D eigenvalue weighted by Crippen LogP contribution is -2.16. The fourth-order valence-corrected chi connectivity index (χ4v) is 3.88. The van der Waals surface area contributed by atoms with Crippen LogP contribution in [-0.4, -0.2) is 24.7 Å². The summed E-state index contributed by atoms with van der Waals surface area (Å²) < 4.78 is 5.33. The van der Waals surface area contributed by atoms with Crippen molar-refractivity contribution in [2.24, 2.45) is 0 Å². The lowest BCUT2D eigenvalue weighted by molar-refractivity contribution is -0.113. The largest absolute Gasteiger partial charge is 0.495 e. The van der Waals surface area contributed by atoms with E-state index in [9.17, 15) is 9.59 Å². The zero-order chi connectivity index (χ0) is 22.4. The van der Waals surface area contributed by atoms with Crippen molar-refractivity contribution in [1.82, 2.24) is 0 Å². The zero-order valence-electron chi connectivity index (χ0n) is 17.5. The Kier molecular flexibility index (Phi) is 7.60. The van der Waals surface area contributed by atoms with E-state index in [1.807, 2.05) is 50.2 Å². The summed E-state index contributed by atoms with van der Waals surface area (Å²) in [7, 11) is 1.52. The van der Waals surface area contributed by atoms with Gasteiger partial charge >= 0.3 is 0 Å². The van der Waals surface area contributed by atoms with Gasteiger partial charge in [-0.1, -0.05) is 41.4 Å². The maximum Gasteiger partial charge on any atom is 0.256 e. The minimum atomic E-state index is -0.290. The van der Waals surface area contributed by atoms with Gasteiger partial charge in [0.25, 0.3) is 5.91 Å². The molecule has 3 aromatic rings. The molecule has 3 aromatic carbocycles. The molecule has 0 aliphatic heterocycles. The van der Waals surface area contributed by atoms with Crippen molar-refractivity contribution in [2.75, 3.05) is 23.5 Å². The van der Waals surface area contributed by atoms with E-state index >= 15 is 0 Å². The first-order valence-corrected chi connectivity index (χ1v) is 11.0. The topological polar surface area (TPSA) is 67.4 Å². The number of methoxy groups -OCH3 is 1. The van der Waals surface area contributed by atoms with Crippen LogP contribution in [0, 0.1) is 13.8 Å². The number of hydrogen-bond acceptors (Lipinski definition) is 4. The highest BCUT2D eigenvalue weighted by Gasteiger charge is 2.16. The lowest BCUT2D eigenvalue weighted by Gasteiger charge is -2.14. The highest BCUT2D eigenvalue weighted by molar-refractivity contribution is 8.00. The van der Waals surface area contributed by atoms with Gasteiger partial charge in [0.2, 0.25) is 5.91 Å². The number of hydrogen-bond donors (Lipinski definition) is 2. The van der Waals surface area contributed by atoms with Crippen LogP contribution >= 0.6 is 23.4 Å². The van der Waals surface area contributed by atoms with E-state index in [0.29, 0.717) is 26.9 Å². The Morgan fingerprint density at radius 2 is 1.71 bits per heavy atom. The summed E-state index contributed by atoms with van der Waals surface area (Å²) in [5, 5.41) is 6.31. The standard InChI is InChI=1S/C24H23ClN2O3S/c1-15-8-10-17(11-9-15)26-23(28)14-31-22-7-5-4-6-18(22)24(29)27-20-12-16(2)19(25)13-21(20)30-3/h4-13H,14H2,1-3H3,(H,26,28)(H,27,29). The third-order valence-corrected chi connectivity index (χ3v) is 6.04. The van der Waals surface area contributed by atoms with Gasteiger partial charge < -0.3 is 15.4 Å². The summed E-state index contributed by atoms with van der Waals surface area (Å²) in [5.41, 5.74) is 3.71. The molecule has 0 unspecified atom stereocenters. The molecule has 160 valence electrons. The van der Waals surface area contributed by atoms with Gasteiger partial charge in [-0.3, -0.25) is 9.59 Å². The fraction of sp³-hybridized carbons (Fsp3) is 0.167. The van der Waals surface area contributed by atoms with Crippen LogP contribution in [0.15, 0.2) is 65.6 Å². The number of carbonyl (C=O) groups is 2. The van der Waals surface area contributed by atoms with Crippen LogP contribution in [-0.2, 0) is 4.79 Å². The van der Waals surface area contributed by atoms with Crippen LogP contribution in [0.25, 0.3) is 0 Å². The van der Waals surface area contributed by atoms with Crippen molar-refractivity contribution in [3.8, 4) is 5.75 Å². The van der Waals surface area contributed by atoms with Gasteiger partial charge in [-0.15, -0.1) is 11.8 Å². The van der Waals surface area contributed by atoms with Crippen LogP contribution in [0.5, 0.6) is 5.75 Å². The molecule has 2 N–H and O–H groups in total. The summed E-state index contributed by atoms with van der Waals surface area (Å²) in [6, 6.07) is 18.2. The molecular weight excluding hydrogens is 432 g/mol. The maximum atomic E-state index is 13.0.